The Morgan fingerprint density at radius 3 is 2.86 bits per heavy atom. The van der Waals surface area contributed by atoms with Crippen molar-refractivity contribution in [2.75, 3.05) is 6.54 Å². The smallest absolute Gasteiger partial charge is 0.129 e. The predicted molar refractivity (Wildman–Crippen MR) is 55.8 cm³/mol. The van der Waals surface area contributed by atoms with E-state index in [0.717, 1.165) is 12.5 Å². The highest BCUT2D eigenvalue weighted by molar-refractivity contribution is 6.30. The van der Waals surface area contributed by atoms with Crippen LogP contribution < -0.4 is 5.32 Å². The highest BCUT2D eigenvalue weighted by Crippen LogP contribution is 2.27. The van der Waals surface area contributed by atoms with Crippen molar-refractivity contribution in [3.8, 4) is 0 Å². The van der Waals surface area contributed by atoms with Crippen LogP contribution in [0.1, 0.15) is 18.4 Å². The van der Waals surface area contributed by atoms with Crippen LogP contribution in [0.5, 0.6) is 0 Å². The van der Waals surface area contributed by atoms with E-state index in [4.69, 9.17) is 11.6 Å². The lowest BCUT2D eigenvalue weighted by Gasteiger charge is -2.05. The maximum Gasteiger partial charge on any atom is 0.129 e. The van der Waals surface area contributed by atoms with Gasteiger partial charge in [-0.1, -0.05) is 17.7 Å². The Kier molecular flexibility index (Phi) is 3.04. The Morgan fingerprint density at radius 1 is 1.43 bits per heavy atom. The van der Waals surface area contributed by atoms with Crippen molar-refractivity contribution in [3.63, 3.8) is 0 Å². The van der Waals surface area contributed by atoms with Crippen molar-refractivity contribution in [2.45, 2.75) is 19.4 Å². The summed E-state index contributed by atoms with van der Waals surface area (Å²) in [6.07, 6.45) is 2.63. The van der Waals surface area contributed by atoms with E-state index >= 15 is 0 Å². The number of halogens is 2. The molecule has 0 amide bonds. The van der Waals surface area contributed by atoms with Gasteiger partial charge in [0.05, 0.1) is 0 Å². The Balaban J connectivity index is 1.87. The highest BCUT2D eigenvalue weighted by Gasteiger charge is 2.20. The summed E-state index contributed by atoms with van der Waals surface area (Å²) in [5, 5.41) is 3.69. The van der Waals surface area contributed by atoms with E-state index in [-0.39, 0.29) is 5.82 Å². The molecule has 1 aromatic carbocycles. The lowest BCUT2D eigenvalue weighted by atomic mass is 10.2. The van der Waals surface area contributed by atoms with Gasteiger partial charge in [-0.05, 0) is 37.4 Å². The minimum Gasteiger partial charge on any atom is -0.312 e. The third kappa shape index (κ3) is 2.69. The van der Waals surface area contributed by atoms with Crippen molar-refractivity contribution in [2.24, 2.45) is 5.92 Å². The van der Waals surface area contributed by atoms with Crippen LogP contribution in [-0.2, 0) is 6.54 Å². The molecule has 0 atom stereocenters. The van der Waals surface area contributed by atoms with Gasteiger partial charge in [-0.3, -0.25) is 0 Å². The Bertz CT molecular complexity index is 323. The second-order valence-electron chi connectivity index (χ2n) is 3.81. The maximum absolute atomic E-state index is 13.3. The van der Waals surface area contributed by atoms with Crippen LogP contribution in [0.4, 0.5) is 4.39 Å². The number of hydrogen-bond donors (Lipinski definition) is 1. The molecule has 0 heterocycles. The van der Waals surface area contributed by atoms with Gasteiger partial charge in [-0.25, -0.2) is 4.39 Å². The van der Waals surface area contributed by atoms with Crippen molar-refractivity contribution in [3.05, 3.63) is 34.6 Å². The molecule has 0 saturated heterocycles. The monoisotopic (exact) mass is 213 g/mol. The predicted octanol–water partition coefficient (Wildman–Crippen LogP) is 2.98. The Hall–Kier alpha value is -0.600. The summed E-state index contributed by atoms with van der Waals surface area (Å²) in [5.74, 6) is 0.603. The van der Waals surface area contributed by atoms with Crippen LogP contribution in [0.2, 0.25) is 5.02 Å². The molecule has 1 aliphatic rings. The second-order valence-corrected chi connectivity index (χ2v) is 4.25. The van der Waals surface area contributed by atoms with E-state index in [1.54, 1.807) is 12.1 Å². The fraction of sp³-hybridized carbons (Fsp3) is 0.455. The van der Waals surface area contributed by atoms with Gasteiger partial charge in [-0.2, -0.15) is 0 Å². The van der Waals surface area contributed by atoms with Crippen molar-refractivity contribution < 1.29 is 4.39 Å². The SMILES string of the molecule is Fc1cc(Cl)ccc1CNCC1CC1. The van der Waals surface area contributed by atoms with Crippen LogP contribution >= 0.6 is 11.6 Å². The number of rotatable bonds is 4. The summed E-state index contributed by atoms with van der Waals surface area (Å²) in [5.41, 5.74) is 0.690. The van der Waals surface area contributed by atoms with Crippen LogP contribution in [-0.4, -0.2) is 6.54 Å². The molecule has 1 aliphatic carbocycles. The first-order valence-electron chi connectivity index (χ1n) is 4.90. The van der Waals surface area contributed by atoms with E-state index in [1.807, 2.05) is 0 Å². The summed E-state index contributed by atoms with van der Waals surface area (Å²) in [4.78, 5) is 0. The van der Waals surface area contributed by atoms with Gasteiger partial charge in [0.1, 0.15) is 5.82 Å². The summed E-state index contributed by atoms with van der Waals surface area (Å²) >= 11 is 5.65. The third-order valence-electron chi connectivity index (χ3n) is 2.46. The molecular formula is C11H13ClFN. The van der Waals surface area contributed by atoms with E-state index in [9.17, 15) is 4.39 Å². The van der Waals surface area contributed by atoms with Crippen molar-refractivity contribution >= 4 is 11.6 Å². The molecule has 0 aromatic heterocycles. The molecule has 0 aliphatic heterocycles. The van der Waals surface area contributed by atoms with Gasteiger partial charge in [0.15, 0.2) is 0 Å². The second kappa shape index (κ2) is 4.28. The first-order chi connectivity index (χ1) is 6.75. The largest absolute Gasteiger partial charge is 0.312 e. The van der Waals surface area contributed by atoms with Gasteiger partial charge >= 0.3 is 0 Å². The quantitative estimate of drug-likeness (QED) is 0.811. The molecule has 0 radical (unpaired) electrons. The van der Waals surface area contributed by atoms with E-state index < -0.39 is 0 Å². The molecule has 1 nitrogen and oxygen atoms in total. The van der Waals surface area contributed by atoms with Crippen molar-refractivity contribution in [1.82, 2.24) is 5.32 Å². The Morgan fingerprint density at radius 2 is 2.21 bits per heavy atom. The van der Waals surface area contributed by atoms with Crippen LogP contribution in [0, 0.1) is 11.7 Å². The fourth-order valence-corrected chi connectivity index (χ4v) is 1.56. The molecule has 14 heavy (non-hydrogen) atoms. The van der Waals surface area contributed by atoms with Crippen LogP contribution in [0.15, 0.2) is 18.2 Å². The van der Waals surface area contributed by atoms with Gasteiger partial charge in [-0.15, -0.1) is 0 Å². The molecule has 0 bridgehead atoms. The van der Waals surface area contributed by atoms with Crippen molar-refractivity contribution in [1.29, 1.82) is 0 Å². The van der Waals surface area contributed by atoms with E-state index in [2.05, 4.69) is 5.32 Å². The van der Waals surface area contributed by atoms with E-state index in [0.29, 0.717) is 17.1 Å². The fourth-order valence-electron chi connectivity index (χ4n) is 1.40. The van der Waals surface area contributed by atoms with Gasteiger partial charge in [0, 0.05) is 17.1 Å². The first-order valence-corrected chi connectivity index (χ1v) is 5.28. The number of hydrogen-bond acceptors (Lipinski definition) is 1. The van der Waals surface area contributed by atoms with Gasteiger partial charge < -0.3 is 5.32 Å². The lowest BCUT2D eigenvalue weighted by Crippen LogP contribution is -2.16. The Labute approximate surface area is 88.3 Å². The van der Waals surface area contributed by atoms with Crippen LogP contribution in [0.3, 0.4) is 0 Å². The first kappa shape index (κ1) is 9.94. The zero-order valence-corrected chi connectivity index (χ0v) is 8.65. The summed E-state index contributed by atoms with van der Waals surface area (Å²) in [6, 6.07) is 4.81. The molecule has 0 spiro atoms. The minimum atomic E-state index is -0.221. The molecule has 1 fully saturated rings. The number of benzene rings is 1. The molecule has 3 heteroatoms. The number of nitrogens with one attached hydrogen (secondary N) is 1. The minimum absolute atomic E-state index is 0.221. The summed E-state index contributed by atoms with van der Waals surface area (Å²) in [7, 11) is 0. The van der Waals surface area contributed by atoms with Crippen LogP contribution in [0.25, 0.3) is 0 Å². The third-order valence-corrected chi connectivity index (χ3v) is 2.70. The maximum atomic E-state index is 13.3. The standard InChI is InChI=1S/C11H13ClFN/c12-10-4-3-9(11(13)5-10)7-14-6-8-1-2-8/h3-5,8,14H,1-2,6-7H2. The molecule has 2 rings (SSSR count). The average molecular weight is 214 g/mol. The normalized spacial score (nSPS) is 15.9. The molecule has 76 valence electrons. The van der Waals surface area contributed by atoms with Gasteiger partial charge in [0.2, 0.25) is 0 Å². The van der Waals surface area contributed by atoms with Gasteiger partial charge in [0.25, 0.3) is 0 Å². The molecule has 1 aromatic rings. The molecule has 1 saturated carbocycles. The van der Waals surface area contributed by atoms with E-state index in [1.165, 1.54) is 18.9 Å². The average Bonchev–Trinajstić information content (AvgIpc) is 2.92. The zero-order valence-electron chi connectivity index (χ0n) is 7.89. The molecule has 1 N–H and O–H groups in total. The zero-order chi connectivity index (χ0) is 9.97. The summed E-state index contributed by atoms with van der Waals surface area (Å²) < 4.78 is 13.3. The molecule has 0 unspecified atom stereocenters. The molecular weight excluding hydrogens is 201 g/mol. The topological polar surface area (TPSA) is 12.0 Å². The lowest BCUT2D eigenvalue weighted by molar-refractivity contribution is 0.578. The summed E-state index contributed by atoms with van der Waals surface area (Å²) in [6.45, 7) is 1.60. The highest BCUT2D eigenvalue weighted by atomic mass is 35.5.